The van der Waals surface area contributed by atoms with Crippen molar-refractivity contribution in [3.8, 4) is 0 Å². The minimum absolute atomic E-state index is 0.103. The summed E-state index contributed by atoms with van der Waals surface area (Å²) in [5, 5.41) is 7.40. The Morgan fingerprint density at radius 1 is 1.28 bits per heavy atom. The lowest BCUT2D eigenvalue weighted by atomic mass is 9.99. The van der Waals surface area contributed by atoms with Crippen LogP contribution in [0.15, 0.2) is 24.3 Å². The van der Waals surface area contributed by atoms with E-state index in [4.69, 9.17) is 0 Å². The molecule has 0 fully saturated rings. The molecular weight excluding hydrogens is 314 g/mol. The third kappa shape index (κ3) is 4.25. The number of benzene rings is 1. The average molecular weight is 341 g/mol. The monoisotopic (exact) mass is 341 g/mol. The molecule has 0 radical (unpaired) electrons. The molecule has 1 atom stereocenters. The number of nitrogens with zero attached hydrogens (tertiary/aromatic N) is 4. The van der Waals surface area contributed by atoms with Crippen molar-refractivity contribution in [1.29, 1.82) is 0 Å². The Morgan fingerprint density at radius 3 is 2.76 bits per heavy atom. The van der Waals surface area contributed by atoms with Gasteiger partial charge in [0, 0.05) is 26.2 Å². The minimum Gasteiger partial charge on any atom is -0.355 e. The van der Waals surface area contributed by atoms with Crippen molar-refractivity contribution in [2.45, 2.75) is 52.7 Å². The zero-order valence-electron chi connectivity index (χ0n) is 15.3. The van der Waals surface area contributed by atoms with Gasteiger partial charge in [-0.05, 0) is 44.7 Å². The first-order valence-electron chi connectivity index (χ1n) is 9.01. The van der Waals surface area contributed by atoms with Crippen molar-refractivity contribution in [3.05, 3.63) is 47.0 Å². The smallest absolute Gasteiger partial charge is 0.237 e. The van der Waals surface area contributed by atoms with E-state index in [1.807, 2.05) is 25.5 Å². The number of aryl methyl sites for hydroxylation is 3. The molecule has 1 unspecified atom stereocenters. The molecule has 1 aliphatic heterocycles. The summed E-state index contributed by atoms with van der Waals surface area (Å²) in [6.07, 6.45) is 1.86. The molecule has 1 amide bonds. The Morgan fingerprint density at radius 2 is 2.04 bits per heavy atom. The highest BCUT2D eigenvalue weighted by Gasteiger charge is 2.24. The molecular formula is C19H27N5O. The van der Waals surface area contributed by atoms with Gasteiger partial charge in [-0.2, -0.15) is 5.10 Å². The van der Waals surface area contributed by atoms with Gasteiger partial charge in [0.1, 0.15) is 11.6 Å². The Labute approximate surface area is 149 Å². The van der Waals surface area contributed by atoms with Gasteiger partial charge in [0.15, 0.2) is 0 Å². The van der Waals surface area contributed by atoms with Crippen LogP contribution in [0.2, 0.25) is 0 Å². The summed E-state index contributed by atoms with van der Waals surface area (Å²) < 4.78 is 1.90. The molecule has 6 heteroatoms. The van der Waals surface area contributed by atoms with Crippen LogP contribution in [0.25, 0.3) is 0 Å². The van der Waals surface area contributed by atoms with Gasteiger partial charge in [0.2, 0.25) is 5.91 Å². The van der Waals surface area contributed by atoms with E-state index in [0.717, 1.165) is 44.1 Å². The van der Waals surface area contributed by atoms with Gasteiger partial charge in [-0.15, -0.1) is 0 Å². The molecule has 0 saturated carbocycles. The number of carbonyl (C=O) groups excluding carboxylic acids is 1. The molecule has 134 valence electrons. The number of hydrogen-bond donors (Lipinski definition) is 1. The van der Waals surface area contributed by atoms with Crippen molar-refractivity contribution in [1.82, 2.24) is 25.0 Å². The van der Waals surface area contributed by atoms with Crippen molar-refractivity contribution in [3.63, 3.8) is 0 Å². The highest BCUT2D eigenvalue weighted by atomic mass is 16.2. The maximum absolute atomic E-state index is 12.4. The van der Waals surface area contributed by atoms with Crippen molar-refractivity contribution >= 4 is 5.91 Å². The van der Waals surface area contributed by atoms with Crippen LogP contribution in [-0.2, 0) is 24.3 Å². The Hall–Kier alpha value is -2.21. The Kier molecular flexibility index (Phi) is 5.48. The molecule has 25 heavy (non-hydrogen) atoms. The van der Waals surface area contributed by atoms with E-state index in [0.29, 0.717) is 6.54 Å². The number of rotatable bonds is 6. The van der Waals surface area contributed by atoms with E-state index in [-0.39, 0.29) is 11.9 Å². The lowest BCUT2D eigenvalue weighted by Crippen LogP contribution is -2.47. The third-order valence-electron chi connectivity index (χ3n) is 4.90. The molecule has 0 aliphatic carbocycles. The van der Waals surface area contributed by atoms with E-state index in [1.165, 1.54) is 11.1 Å². The van der Waals surface area contributed by atoms with Crippen molar-refractivity contribution in [2.75, 3.05) is 13.1 Å². The van der Waals surface area contributed by atoms with Crippen LogP contribution in [0.1, 0.15) is 36.1 Å². The SMILES string of the molecule is Cc1nc(C)n(CCCNC(=O)C(C)N2CCc3ccccc3C2)n1. The quantitative estimate of drug-likeness (QED) is 0.815. The standard InChI is InChI=1S/C19H27N5O/c1-14(23-12-9-17-7-4-5-8-18(17)13-23)19(25)20-10-6-11-24-16(3)21-15(2)22-24/h4-5,7-8,14H,6,9-13H2,1-3H3,(H,20,25). The number of fused-ring (bicyclic) bond motifs is 1. The summed E-state index contributed by atoms with van der Waals surface area (Å²) in [6, 6.07) is 8.40. The van der Waals surface area contributed by atoms with Gasteiger partial charge < -0.3 is 5.32 Å². The first-order valence-corrected chi connectivity index (χ1v) is 9.01. The van der Waals surface area contributed by atoms with Crippen LogP contribution in [0.4, 0.5) is 0 Å². The zero-order chi connectivity index (χ0) is 17.8. The third-order valence-corrected chi connectivity index (χ3v) is 4.90. The van der Waals surface area contributed by atoms with E-state index >= 15 is 0 Å². The predicted molar refractivity (Wildman–Crippen MR) is 97.1 cm³/mol. The molecule has 1 aromatic heterocycles. The average Bonchev–Trinajstić information content (AvgIpc) is 2.94. The molecule has 0 spiro atoms. The van der Waals surface area contributed by atoms with Gasteiger partial charge in [0.25, 0.3) is 0 Å². The van der Waals surface area contributed by atoms with Gasteiger partial charge in [0.05, 0.1) is 6.04 Å². The molecule has 3 rings (SSSR count). The molecule has 0 bridgehead atoms. The molecule has 0 saturated heterocycles. The lowest BCUT2D eigenvalue weighted by Gasteiger charge is -2.32. The highest BCUT2D eigenvalue weighted by molar-refractivity contribution is 5.81. The van der Waals surface area contributed by atoms with Crippen LogP contribution >= 0.6 is 0 Å². The van der Waals surface area contributed by atoms with Gasteiger partial charge in [-0.3, -0.25) is 14.4 Å². The fourth-order valence-corrected chi connectivity index (χ4v) is 3.38. The topological polar surface area (TPSA) is 63.1 Å². The highest BCUT2D eigenvalue weighted by Crippen LogP contribution is 2.20. The number of hydrogen-bond acceptors (Lipinski definition) is 4. The normalized spacial score (nSPS) is 15.6. The van der Waals surface area contributed by atoms with E-state index in [2.05, 4.69) is 44.6 Å². The molecule has 1 N–H and O–H groups in total. The summed E-state index contributed by atoms with van der Waals surface area (Å²) in [6.45, 7) is 9.06. The second-order valence-corrected chi connectivity index (χ2v) is 6.74. The Balaban J connectivity index is 1.44. The molecule has 6 nitrogen and oxygen atoms in total. The number of amides is 1. The van der Waals surface area contributed by atoms with Crippen LogP contribution in [0.5, 0.6) is 0 Å². The summed E-state index contributed by atoms with van der Waals surface area (Å²) in [5.41, 5.74) is 2.75. The molecule has 1 aliphatic rings. The van der Waals surface area contributed by atoms with E-state index in [9.17, 15) is 4.79 Å². The first kappa shape index (κ1) is 17.6. The number of aromatic nitrogens is 3. The largest absolute Gasteiger partial charge is 0.355 e. The van der Waals surface area contributed by atoms with Gasteiger partial charge in [-0.1, -0.05) is 24.3 Å². The Bertz CT molecular complexity index is 739. The van der Waals surface area contributed by atoms with Crippen LogP contribution < -0.4 is 5.32 Å². The second-order valence-electron chi connectivity index (χ2n) is 6.74. The second kappa shape index (κ2) is 7.78. The maximum Gasteiger partial charge on any atom is 0.237 e. The first-order chi connectivity index (χ1) is 12.0. The molecule has 2 aromatic rings. The van der Waals surface area contributed by atoms with Crippen LogP contribution in [0.3, 0.4) is 0 Å². The number of carbonyl (C=O) groups is 1. The lowest BCUT2D eigenvalue weighted by molar-refractivity contribution is -0.126. The van der Waals surface area contributed by atoms with Gasteiger partial charge >= 0.3 is 0 Å². The predicted octanol–water partition coefficient (Wildman–Crippen LogP) is 1.85. The fourth-order valence-electron chi connectivity index (χ4n) is 3.38. The minimum atomic E-state index is -0.108. The zero-order valence-corrected chi connectivity index (χ0v) is 15.3. The maximum atomic E-state index is 12.4. The van der Waals surface area contributed by atoms with E-state index in [1.54, 1.807) is 0 Å². The van der Waals surface area contributed by atoms with Crippen LogP contribution in [-0.4, -0.2) is 44.7 Å². The number of nitrogens with one attached hydrogen (secondary N) is 1. The van der Waals surface area contributed by atoms with Crippen molar-refractivity contribution < 1.29 is 4.79 Å². The fraction of sp³-hybridized carbons (Fsp3) is 0.526. The summed E-state index contributed by atoms with van der Waals surface area (Å²) >= 11 is 0. The molecule has 2 heterocycles. The molecule has 1 aromatic carbocycles. The summed E-state index contributed by atoms with van der Waals surface area (Å²) in [7, 11) is 0. The van der Waals surface area contributed by atoms with Crippen LogP contribution in [0, 0.1) is 13.8 Å². The summed E-state index contributed by atoms with van der Waals surface area (Å²) in [5.74, 6) is 1.82. The van der Waals surface area contributed by atoms with E-state index < -0.39 is 0 Å². The van der Waals surface area contributed by atoms with Crippen molar-refractivity contribution in [2.24, 2.45) is 0 Å². The van der Waals surface area contributed by atoms with Gasteiger partial charge in [-0.25, -0.2) is 4.98 Å². The summed E-state index contributed by atoms with van der Waals surface area (Å²) in [4.78, 5) is 19.0.